The minimum Gasteiger partial charge on any atom is -0.496 e. The fourth-order valence-corrected chi connectivity index (χ4v) is 4.34. The number of para-hydroxylation sites is 1. The molecule has 22 heavy (non-hydrogen) atoms. The molecule has 0 aromatic heterocycles. The number of methoxy groups -OCH3 is 1. The fourth-order valence-electron chi connectivity index (χ4n) is 4.34. The van der Waals surface area contributed by atoms with Gasteiger partial charge in [0.2, 0.25) is 5.91 Å². The van der Waals surface area contributed by atoms with Crippen LogP contribution >= 0.6 is 0 Å². The Balaban J connectivity index is 1.82. The standard InChI is InChI=1S/C18H26N2O2/c1-3-16-18(11-9-17(21)19-18)10-6-12-20(16)13-14-7-4-5-8-15(14)22-2/h4-5,7-8,16H,3,6,9-13H2,1-2H3,(H,19,21)/t16-,18+/m0/s1. The average Bonchev–Trinajstić information content (AvgIpc) is 2.89. The van der Waals surface area contributed by atoms with E-state index in [1.165, 1.54) is 5.56 Å². The fraction of sp³-hybridized carbons (Fsp3) is 0.611. The molecule has 2 aliphatic heterocycles. The number of carbonyl (C=O) groups excluding carboxylic acids is 1. The molecule has 0 unspecified atom stereocenters. The monoisotopic (exact) mass is 302 g/mol. The summed E-state index contributed by atoms with van der Waals surface area (Å²) >= 11 is 0. The first-order chi connectivity index (χ1) is 10.7. The van der Waals surface area contributed by atoms with Crippen molar-refractivity contribution in [3.8, 4) is 5.75 Å². The van der Waals surface area contributed by atoms with Gasteiger partial charge in [0.15, 0.2) is 0 Å². The van der Waals surface area contributed by atoms with E-state index in [0.717, 1.165) is 44.5 Å². The molecule has 1 N–H and O–H groups in total. The first-order valence-electron chi connectivity index (χ1n) is 8.35. The Hall–Kier alpha value is -1.55. The molecule has 1 aromatic rings. The lowest BCUT2D eigenvalue weighted by Gasteiger charge is -2.48. The molecule has 4 heteroatoms. The minimum atomic E-state index is -0.00784. The van der Waals surface area contributed by atoms with Gasteiger partial charge in [-0.2, -0.15) is 0 Å². The maximum atomic E-state index is 11.8. The Morgan fingerprint density at radius 2 is 2.18 bits per heavy atom. The first kappa shape index (κ1) is 15.3. The van der Waals surface area contributed by atoms with Crippen LogP contribution in [0.1, 0.15) is 44.6 Å². The van der Waals surface area contributed by atoms with Crippen LogP contribution in [0.5, 0.6) is 5.75 Å². The van der Waals surface area contributed by atoms with Gasteiger partial charge in [-0.05, 0) is 38.3 Å². The largest absolute Gasteiger partial charge is 0.496 e. The zero-order chi connectivity index (χ0) is 15.6. The summed E-state index contributed by atoms with van der Waals surface area (Å²) in [6.07, 6.45) is 4.98. The highest BCUT2D eigenvalue weighted by Crippen LogP contribution is 2.38. The van der Waals surface area contributed by atoms with Gasteiger partial charge in [0, 0.05) is 24.6 Å². The van der Waals surface area contributed by atoms with Crippen molar-refractivity contribution in [2.45, 2.75) is 57.2 Å². The molecule has 0 radical (unpaired) electrons. The number of carbonyl (C=O) groups is 1. The van der Waals surface area contributed by atoms with Gasteiger partial charge in [-0.25, -0.2) is 0 Å². The van der Waals surface area contributed by atoms with Crippen molar-refractivity contribution < 1.29 is 9.53 Å². The number of nitrogens with zero attached hydrogens (tertiary/aromatic N) is 1. The van der Waals surface area contributed by atoms with Gasteiger partial charge in [-0.1, -0.05) is 25.1 Å². The number of piperidine rings is 1. The molecule has 0 bridgehead atoms. The Kier molecular flexibility index (Phi) is 4.39. The summed E-state index contributed by atoms with van der Waals surface area (Å²) in [6.45, 7) is 4.21. The van der Waals surface area contributed by atoms with Crippen LogP contribution in [0.2, 0.25) is 0 Å². The predicted molar refractivity (Wildman–Crippen MR) is 86.8 cm³/mol. The van der Waals surface area contributed by atoms with Crippen molar-refractivity contribution >= 4 is 5.91 Å². The molecule has 3 rings (SSSR count). The molecule has 0 aliphatic carbocycles. The Morgan fingerprint density at radius 1 is 1.36 bits per heavy atom. The van der Waals surface area contributed by atoms with Crippen molar-refractivity contribution in [3.63, 3.8) is 0 Å². The van der Waals surface area contributed by atoms with Crippen LogP contribution in [-0.4, -0.2) is 36.0 Å². The van der Waals surface area contributed by atoms with Crippen LogP contribution in [0.15, 0.2) is 24.3 Å². The van der Waals surface area contributed by atoms with Crippen molar-refractivity contribution in [2.75, 3.05) is 13.7 Å². The number of ether oxygens (including phenoxy) is 1. The summed E-state index contributed by atoms with van der Waals surface area (Å²) in [5.41, 5.74) is 1.22. The maximum absolute atomic E-state index is 11.8. The lowest BCUT2D eigenvalue weighted by molar-refractivity contribution is -0.120. The second kappa shape index (κ2) is 6.29. The van der Waals surface area contributed by atoms with E-state index in [0.29, 0.717) is 12.5 Å². The minimum absolute atomic E-state index is 0.00784. The van der Waals surface area contributed by atoms with Gasteiger partial charge in [-0.3, -0.25) is 9.69 Å². The van der Waals surface area contributed by atoms with Gasteiger partial charge in [0.05, 0.1) is 12.6 Å². The number of hydrogen-bond donors (Lipinski definition) is 1. The van der Waals surface area contributed by atoms with Crippen molar-refractivity contribution in [1.82, 2.24) is 10.2 Å². The summed E-state index contributed by atoms with van der Waals surface area (Å²) in [4.78, 5) is 14.3. The quantitative estimate of drug-likeness (QED) is 0.930. The molecule has 2 aliphatic rings. The third kappa shape index (κ3) is 2.72. The summed E-state index contributed by atoms with van der Waals surface area (Å²) in [6, 6.07) is 8.65. The van der Waals surface area contributed by atoms with Crippen LogP contribution < -0.4 is 10.1 Å². The molecule has 2 heterocycles. The lowest BCUT2D eigenvalue weighted by Crippen LogP contribution is -2.61. The van der Waals surface area contributed by atoms with Crippen LogP contribution in [0.4, 0.5) is 0 Å². The predicted octanol–water partition coefficient (Wildman–Crippen LogP) is 2.72. The molecule has 0 saturated carbocycles. The van der Waals surface area contributed by atoms with Gasteiger partial charge in [0.25, 0.3) is 0 Å². The van der Waals surface area contributed by atoms with Gasteiger partial charge in [-0.15, -0.1) is 0 Å². The highest BCUT2D eigenvalue weighted by atomic mass is 16.5. The molecule has 2 fully saturated rings. The molecule has 120 valence electrons. The van der Waals surface area contributed by atoms with E-state index in [1.807, 2.05) is 12.1 Å². The van der Waals surface area contributed by atoms with E-state index in [2.05, 4.69) is 29.3 Å². The number of likely N-dealkylation sites (tertiary alicyclic amines) is 1. The Morgan fingerprint density at radius 3 is 2.86 bits per heavy atom. The second-order valence-electron chi connectivity index (χ2n) is 6.51. The van der Waals surface area contributed by atoms with Crippen LogP contribution in [-0.2, 0) is 11.3 Å². The van der Waals surface area contributed by atoms with Gasteiger partial charge < -0.3 is 10.1 Å². The van der Waals surface area contributed by atoms with Gasteiger partial charge in [0.1, 0.15) is 5.75 Å². The molecule has 2 saturated heterocycles. The third-order valence-corrected chi connectivity index (χ3v) is 5.29. The number of amides is 1. The highest BCUT2D eigenvalue weighted by Gasteiger charge is 2.47. The van der Waals surface area contributed by atoms with Crippen LogP contribution in [0.3, 0.4) is 0 Å². The number of hydrogen-bond acceptors (Lipinski definition) is 3. The SMILES string of the molecule is CC[C@@H]1N(Cc2ccccc2OC)CCC[C@@]12CCC(=O)N2. The third-order valence-electron chi connectivity index (χ3n) is 5.29. The molecule has 2 atom stereocenters. The normalized spacial score (nSPS) is 28.8. The van der Waals surface area contributed by atoms with E-state index < -0.39 is 0 Å². The van der Waals surface area contributed by atoms with E-state index in [-0.39, 0.29) is 11.4 Å². The molecular weight excluding hydrogens is 276 g/mol. The average molecular weight is 302 g/mol. The summed E-state index contributed by atoms with van der Waals surface area (Å²) < 4.78 is 5.49. The van der Waals surface area contributed by atoms with Crippen molar-refractivity contribution in [1.29, 1.82) is 0 Å². The molecule has 4 nitrogen and oxygen atoms in total. The number of nitrogens with one attached hydrogen (secondary N) is 1. The molecule has 1 amide bonds. The zero-order valence-corrected chi connectivity index (χ0v) is 13.6. The molecular formula is C18H26N2O2. The van der Waals surface area contributed by atoms with Crippen LogP contribution in [0, 0.1) is 0 Å². The number of benzene rings is 1. The summed E-state index contributed by atoms with van der Waals surface area (Å²) in [5, 5.41) is 3.30. The maximum Gasteiger partial charge on any atom is 0.220 e. The zero-order valence-electron chi connectivity index (χ0n) is 13.6. The Labute approximate surface area is 132 Å². The van der Waals surface area contributed by atoms with E-state index >= 15 is 0 Å². The smallest absolute Gasteiger partial charge is 0.220 e. The van der Waals surface area contributed by atoms with Crippen molar-refractivity contribution in [3.05, 3.63) is 29.8 Å². The van der Waals surface area contributed by atoms with Crippen LogP contribution in [0.25, 0.3) is 0 Å². The first-order valence-corrected chi connectivity index (χ1v) is 8.35. The molecule has 1 spiro atoms. The lowest BCUT2D eigenvalue weighted by atomic mass is 9.78. The second-order valence-corrected chi connectivity index (χ2v) is 6.51. The van der Waals surface area contributed by atoms with E-state index in [1.54, 1.807) is 7.11 Å². The van der Waals surface area contributed by atoms with Gasteiger partial charge >= 0.3 is 0 Å². The Bertz CT molecular complexity index is 546. The summed E-state index contributed by atoms with van der Waals surface area (Å²) in [5.74, 6) is 1.17. The number of rotatable bonds is 4. The molecule has 1 aromatic carbocycles. The summed E-state index contributed by atoms with van der Waals surface area (Å²) in [7, 11) is 1.73. The van der Waals surface area contributed by atoms with E-state index in [4.69, 9.17) is 4.74 Å². The van der Waals surface area contributed by atoms with Crippen molar-refractivity contribution in [2.24, 2.45) is 0 Å². The van der Waals surface area contributed by atoms with E-state index in [9.17, 15) is 4.79 Å². The topological polar surface area (TPSA) is 41.6 Å². The highest BCUT2D eigenvalue weighted by molar-refractivity contribution is 5.79.